The first-order chi connectivity index (χ1) is 12.5. The molecule has 0 saturated heterocycles. The van der Waals surface area contributed by atoms with Gasteiger partial charge >= 0.3 is 0 Å². The summed E-state index contributed by atoms with van der Waals surface area (Å²) in [4.78, 5) is 27.1. The molecule has 2 aromatic carbocycles. The molecule has 0 unspecified atom stereocenters. The van der Waals surface area contributed by atoms with Gasteiger partial charge in [0, 0.05) is 29.2 Å². The van der Waals surface area contributed by atoms with E-state index in [0.29, 0.717) is 17.0 Å². The molecule has 0 saturated carbocycles. The quantitative estimate of drug-likeness (QED) is 0.682. The molecule has 1 aliphatic heterocycles. The van der Waals surface area contributed by atoms with E-state index in [9.17, 15) is 9.59 Å². The Labute approximate surface area is 151 Å². The summed E-state index contributed by atoms with van der Waals surface area (Å²) in [7, 11) is 1.95. The third-order valence-corrected chi connectivity index (χ3v) is 5.04. The van der Waals surface area contributed by atoms with E-state index in [-0.39, 0.29) is 24.8 Å². The van der Waals surface area contributed by atoms with E-state index in [1.165, 1.54) is 4.90 Å². The molecule has 0 atom stereocenters. The van der Waals surface area contributed by atoms with Gasteiger partial charge in [-0.15, -0.1) is 0 Å². The van der Waals surface area contributed by atoms with E-state index in [4.69, 9.17) is 4.74 Å². The summed E-state index contributed by atoms with van der Waals surface area (Å²) >= 11 is 0. The predicted octanol–water partition coefficient (Wildman–Crippen LogP) is 3.40. The highest BCUT2D eigenvalue weighted by molar-refractivity contribution is 6.14. The Hall–Kier alpha value is -3.08. The van der Waals surface area contributed by atoms with Crippen LogP contribution in [-0.4, -0.2) is 29.4 Å². The van der Waals surface area contributed by atoms with Gasteiger partial charge in [0.2, 0.25) is 0 Å². The molecule has 0 aliphatic carbocycles. The van der Waals surface area contributed by atoms with Crippen LogP contribution in [-0.2, 0) is 11.8 Å². The molecule has 26 heavy (non-hydrogen) atoms. The van der Waals surface area contributed by atoms with Crippen LogP contribution in [0.1, 0.15) is 21.6 Å². The summed E-state index contributed by atoms with van der Waals surface area (Å²) < 4.78 is 7.52. The molecule has 132 valence electrons. The molecule has 1 aromatic heterocycles. The Morgan fingerprint density at radius 2 is 1.92 bits per heavy atom. The number of aryl methyl sites for hydroxylation is 2. The highest BCUT2D eigenvalue weighted by Crippen LogP contribution is 2.33. The monoisotopic (exact) mass is 348 g/mol. The second-order valence-corrected chi connectivity index (χ2v) is 6.70. The number of hydrogen-bond donors (Lipinski definition) is 0. The van der Waals surface area contributed by atoms with E-state index >= 15 is 0 Å². The van der Waals surface area contributed by atoms with Crippen LogP contribution >= 0.6 is 0 Å². The van der Waals surface area contributed by atoms with Crippen molar-refractivity contribution in [2.24, 2.45) is 7.05 Å². The first kappa shape index (κ1) is 16.4. The predicted molar refractivity (Wildman–Crippen MR) is 101 cm³/mol. The first-order valence-corrected chi connectivity index (χ1v) is 8.58. The number of nitrogens with zero attached hydrogens (tertiary/aromatic N) is 2. The molecule has 5 nitrogen and oxygen atoms in total. The summed E-state index contributed by atoms with van der Waals surface area (Å²) in [6, 6.07) is 13.5. The number of rotatable bonds is 3. The molecule has 0 N–H and O–H groups in total. The average Bonchev–Trinajstić information content (AvgIpc) is 2.89. The van der Waals surface area contributed by atoms with Crippen LogP contribution in [0.15, 0.2) is 42.5 Å². The molecule has 0 spiro atoms. The second kappa shape index (κ2) is 6.02. The van der Waals surface area contributed by atoms with Gasteiger partial charge in [0.1, 0.15) is 5.75 Å². The normalized spacial score (nSPS) is 13.7. The van der Waals surface area contributed by atoms with E-state index < -0.39 is 0 Å². The molecular formula is C21H20N2O3. The lowest BCUT2D eigenvalue weighted by atomic mass is 10.1. The fourth-order valence-corrected chi connectivity index (χ4v) is 3.58. The maximum atomic E-state index is 13.2. The van der Waals surface area contributed by atoms with Crippen LogP contribution in [0.25, 0.3) is 10.9 Å². The fraction of sp³-hybridized carbons (Fsp3) is 0.238. The number of anilines is 1. The number of fused-ring (bicyclic) bond motifs is 2. The van der Waals surface area contributed by atoms with Gasteiger partial charge in [0.25, 0.3) is 5.91 Å². The highest BCUT2D eigenvalue weighted by Gasteiger charge is 2.29. The number of carbonyl (C=O) groups excluding carboxylic acids is 2. The molecule has 0 radical (unpaired) electrons. The van der Waals surface area contributed by atoms with Crippen molar-refractivity contribution in [3.05, 3.63) is 59.3 Å². The van der Waals surface area contributed by atoms with Crippen molar-refractivity contribution in [2.75, 3.05) is 18.1 Å². The van der Waals surface area contributed by atoms with Crippen LogP contribution in [0, 0.1) is 13.8 Å². The smallest absolute Gasteiger partial charge is 0.265 e. The summed E-state index contributed by atoms with van der Waals surface area (Å²) in [6.45, 7) is 3.85. The van der Waals surface area contributed by atoms with E-state index in [1.54, 1.807) is 0 Å². The van der Waals surface area contributed by atoms with E-state index in [0.717, 1.165) is 22.2 Å². The Balaban J connectivity index is 1.75. The number of ketones is 1. The lowest BCUT2D eigenvalue weighted by Crippen LogP contribution is -2.42. The Bertz CT molecular complexity index is 1050. The maximum Gasteiger partial charge on any atom is 0.265 e. The molecule has 2 heterocycles. The van der Waals surface area contributed by atoms with Crippen LogP contribution in [0.5, 0.6) is 5.75 Å². The summed E-state index contributed by atoms with van der Waals surface area (Å²) in [5.74, 6) is 0.369. The topological polar surface area (TPSA) is 51.5 Å². The largest absolute Gasteiger partial charge is 0.482 e. The summed E-state index contributed by atoms with van der Waals surface area (Å²) in [6.07, 6.45) is 0. The molecule has 0 fully saturated rings. The van der Waals surface area contributed by atoms with Crippen LogP contribution in [0.3, 0.4) is 0 Å². The van der Waals surface area contributed by atoms with Gasteiger partial charge in [0.05, 0.1) is 12.2 Å². The summed E-state index contributed by atoms with van der Waals surface area (Å²) in [5, 5.41) is 0.919. The number of aromatic nitrogens is 1. The number of hydrogen-bond acceptors (Lipinski definition) is 3. The molecule has 5 heteroatoms. The molecule has 0 bridgehead atoms. The Morgan fingerprint density at radius 1 is 1.15 bits per heavy atom. The number of para-hydroxylation sites is 1. The maximum absolute atomic E-state index is 13.2. The van der Waals surface area contributed by atoms with Crippen molar-refractivity contribution in [1.82, 2.24) is 4.57 Å². The Morgan fingerprint density at radius 3 is 2.73 bits per heavy atom. The standard InChI is InChI=1S/C21H20N2O3/c1-13-8-9-19-17(10-13)23(20(25)12-26-19)11-18(24)21-14(2)22(3)16-7-5-4-6-15(16)21/h4-10H,11-12H2,1-3H3. The fourth-order valence-electron chi connectivity index (χ4n) is 3.58. The van der Waals surface area contributed by atoms with Gasteiger partial charge in [-0.05, 0) is 37.6 Å². The highest BCUT2D eigenvalue weighted by atomic mass is 16.5. The third kappa shape index (κ3) is 2.47. The lowest BCUT2D eigenvalue weighted by Gasteiger charge is -2.29. The van der Waals surface area contributed by atoms with Gasteiger partial charge in [-0.1, -0.05) is 24.3 Å². The van der Waals surface area contributed by atoms with Gasteiger partial charge in [-0.2, -0.15) is 0 Å². The van der Waals surface area contributed by atoms with Crippen molar-refractivity contribution in [2.45, 2.75) is 13.8 Å². The molecule has 1 aliphatic rings. The zero-order chi connectivity index (χ0) is 18.4. The number of carbonyl (C=O) groups is 2. The van der Waals surface area contributed by atoms with E-state index in [2.05, 4.69) is 0 Å². The van der Waals surface area contributed by atoms with Crippen molar-refractivity contribution in [1.29, 1.82) is 0 Å². The number of ether oxygens (including phenoxy) is 1. The zero-order valence-corrected chi connectivity index (χ0v) is 15.1. The van der Waals surface area contributed by atoms with Crippen molar-refractivity contribution < 1.29 is 14.3 Å². The SMILES string of the molecule is Cc1ccc2c(c1)N(CC(=O)c1c(C)n(C)c3ccccc13)C(=O)CO2. The lowest BCUT2D eigenvalue weighted by molar-refractivity contribution is -0.121. The number of benzene rings is 2. The van der Waals surface area contributed by atoms with Crippen LogP contribution in [0.4, 0.5) is 5.69 Å². The third-order valence-electron chi connectivity index (χ3n) is 5.04. The van der Waals surface area contributed by atoms with Gasteiger partial charge in [-0.3, -0.25) is 14.5 Å². The van der Waals surface area contributed by atoms with Crippen LogP contribution < -0.4 is 9.64 Å². The Kier molecular flexibility index (Phi) is 3.80. The van der Waals surface area contributed by atoms with Gasteiger partial charge in [0.15, 0.2) is 12.4 Å². The minimum atomic E-state index is -0.200. The van der Waals surface area contributed by atoms with Crippen molar-refractivity contribution >= 4 is 28.3 Å². The number of Topliss-reactive ketones (excluding diaryl/α,β-unsaturated/α-hetero) is 1. The molecule has 3 aromatic rings. The number of amides is 1. The average molecular weight is 348 g/mol. The first-order valence-electron chi connectivity index (χ1n) is 8.58. The van der Waals surface area contributed by atoms with E-state index in [1.807, 2.05) is 67.9 Å². The molecule has 4 rings (SSSR count). The van der Waals surface area contributed by atoms with Gasteiger partial charge < -0.3 is 9.30 Å². The van der Waals surface area contributed by atoms with Crippen molar-refractivity contribution in [3.63, 3.8) is 0 Å². The van der Waals surface area contributed by atoms with Gasteiger partial charge in [-0.25, -0.2) is 0 Å². The zero-order valence-electron chi connectivity index (χ0n) is 15.1. The molecular weight excluding hydrogens is 328 g/mol. The van der Waals surface area contributed by atoms with Crippen LogP contribution in [0.2, 0.25) is 0 Å². The summed E-state index contributed by atoms with van der Waals surface area (Å²) in [5.41, 5.74) is 4.27. The minimum absolute atomic E-state index is 0.00743. The molecule has 1 amide bonds. The van der Waals surface area contributed by atoms with Crippen molar-refractivity contribution in [3.8, 4) is 5.75 Å². The second-order valence-electron chi connectivity index (χ2n) is 6.70. The minimum Gasteiger partial charge on any atom is -0.482 e.